The normalized spacial score (nSPS) is 16.5. The van der Waals surface area contributed by atoms with E-state index in [1.54, 1.807) is 6.07 Å². The van der Waals surface area contributed by atoms with Crippen molar-refractivity contribution in [3.8, 4) is 0 Å². The molecule has 1 saturated carbocycles. The first-order valence-corrected chi connectivity index (χ1v) is 6.48. The van der Waals surface area contributed by atoms with E-state index in [9.17, 15) is 4.79 Å². The Kier molecular flexibility index (Phi) is 3.75. The number of benzene rings is 1. The number of rotatable bonds is 3. The molecule has 0 aliphatic heterocycles. The Morgan fingerprint density at radius 3 is 2.61 bits per heavy atom. The second-order valence-corrected chi connectivity index (χ2v) is 5.04. The number of nitrogen functional groups attached to an aromatic ring is 1. The van der Waals surface area contributed by atoms with E-state index in [2.05, 4.69) is 5.32 Å². The van der Waals surface area contributed by atoms with Gasteiger partial charge in [0, 0.05) is 17.4 Å². The van der Waals surface area contributed by atoms with Crippen molar-refractivity contribution >= 4 is 17.3 Å². The molecule has 1 aliphatic rings. The maximum absolute atomic E-state index is 11.1. The molecular formula is C14H20N2O2. The first-order chi connectivity index (χ1) is 8.58. The summed E-state index contributed by atoms with van der Waals surface area (Å²) in [4.78, 5) is 11.1. The van der Waals surface area contributed by atoms with Gasteiger partial charge in [-0.3, -0.25) is 0 Å². The standard InChI is InChI=1S/C14H20N2O2/c1-9-7-11(8-12(13(9)15)14(17)18)16-10-5-3-2-4-6-10/h7-8,10,16H,2-6,15H2,1H3,(H,17,18). The zero-order chi connectivity index (χ0) is 13.1. The van der Waals surface area contributed by atoms with Crippen LogP contribution in [0, 0.1) is 6.92 Å². The minimum absolute atomic E-state index is 0.188. The number of carboxylic acids is 1. The smallest absolute Gasteiger partial charge is 0.337 e. The van der Waals surface area contributed by atoms with Gasteiger partial charge in [-0.15, -0.1) is 0 Å². The van der Waals surface area contributed by atoms with E-state index in [1.807, 2.05) is 13.0 Å². The minimum Gasteiger partial charge on any atom is -0.478 e. The second-order valence-electron chi connectivity index (χ2n) is 5.04. The highest BCUT2D eigenvalue weighted by molar-refractivity contribution is 5.95. The van der Waals surface area contributed by atoms with Gasteiger partial charge < -0.3 is 16.2 Å². The van der Waals surface area contributed by atoms with Crippen LogP contribution >= 0.6 is 0 Å². The first-order valence-electron chi connectivity index (χ1n) is 6.48. The lowest BCUT2D eigenvalue weighted by molar-refractivity contribution is 0.0698. The van der Waals surface area contributed by atoms with Gasteiger partial charge in [0.15, 0.2) is 0 Å². The number of aromatic carboxylic acids is 1. The molecule has 0 heterocycles. The summed E-state index contributed by atoms with van der Waals surface area (Å²) in [6.07, 6.45) is 6.12. The Hall–Kier alpha value is -1.71. The number of nitrogens with one attached hydrogen (secondary N) is 1. The van der Waals surface area contributed by atoms with E-state index in [1.165, 1.54) is 19.3 Å². The zero-order valence-electron chi connectivity index (χ0n) is 10.7. The molecular weight excluding hydrogens is 228 g/mol. The van der Waals surface area contributed by atoms with Crippen LogP contribution in [0.2, 0.25) is 0 Å². The first kappa shape index (κ1) is 12.7. The van der Waals surface area contributed by atoms with Crippen LogP contribution in [-0.2, 0) is 0 Å². The number of aryl methyl sites for hydroxylation is 1. The topological polar surface area (TPSA) is 75.3 Å². The van der Waals surface area contributed by atoms with Crippen molar-refractivity contribution in [2.75, 3.05) is 11.1 Å². The lowest BCUT2D eigenvalue weighted by Gasteiger charge is -2.24. The Bertz CT molecular complexity index is 451. The summed E-state index contributed by atoms with van der Waals surface area (Å²) in [6, 6.07) is 4.03. The maximum atomic E-state index is 11.1. The Labute approximate surface area is 107 Å². The van der Waals surface area contributed by atoms with Gasteiger partial charge in [-0.05, 0) is 37.5 Å². The van der Waals surface area contributed by atoms with Crippen LogP contribution in [0.15, 0.2) is 12.1 Å². The number of carbonyl (C=O) groups is 1. The van der Waals surface area contributed by atoms with Crippen LogP contribution < -0.4 is 11.1 Å². The number of anilines is 2. The van der Waals surface area contributed by atoms with Crippen molar-refractivity contribution in [3.63, 3.8) is 0 Å². The SMILES string of the molecule is Cc1cc(NC2CCCCC2)cc(C(=O)O)c1N. The van der Waals surface area contributed by atoms with Crippen molar-refractivity contribution in [1.29, 1.82) is 0 Å². The number of carboxylic acid groups (broad SMARTS) is 1. The summed E-state index contributed by atoms with van der Waals surface area (Å²) in [6.45, 7) is 1.84. The molecule has 1 aliphatic carbocycles. The molecule has 4 nitrogen and oxygen atoms in total. The fraction of sp³-hybridized carbons (Fsp3) is 0.500. The summed E-state index contributed by atoms with van der Waals surface area (Å²) in [7, 11) is 0. The Morgan fingerprint density at radius 2 is 2.00 bits per heavy atom. The number of hydrogen-bond acceptors (Lipinski definition) is 3. The summed E-state index contributed by atoms with van der Waals surface area (Å²) in [5, 5.41) is 12.5. The second kappa shape index (κ2) is 5.29. The minimum atomic E-state index is -0.970. The largest absolute Gasteiger partial charge is 0.478 e. The molecule has 0 amide bonds. The van der Waals surface area contributed by atoms with E-state index >= 15 is 0 Å². The van der Waals surface area contributed by atoms with Crippen LogP contribution in [0.4, 0.5) is 11.4 Å². The zero-order valence-corrected chi connectivity index (χ0v) is 10.7. The predicted octanol–water partition coefficient (Wildman–Crippen LogP) is 3.02. The summed E-state index contributed by atoms with van der Waals surface area (Å²) in [5.41, 5.74) is 8.00. The lowest BCUT2D eigenvalue weighted by Crippen LogP contribution is -2.22. The average molecular weight is 248 g/mol. The van der Waals surface area contributed by atoms with Crippen molar-refractivity contribution < 1.29 is 9.90 Å². The highest BCUT2D eigenvalue weighted by Gasteiger charge is 2.16. The van der Waals surface area contributed by atoms with Gasteiger partial charge in [0.2, 0.25) is 0 Å². The van der Waals surface area contributed by atoms with Gasteiger partial charge in [0.1, 0.15) is 0 Å². The number of hydrogen-bond donors (Lipinski definition) is 3. The van der Waals surface area contributed by atoms with Crippen LogP contribution in [0.5, 0.6) is 0 Å². The molecule has 18 heavy (non-hydrogen) atoms. The molecule has 1 aromatic carbocycles. The van der Waals surface area contributed by atoms with E-state index in [-0.39, 0.29) is 5.56 Å². The molecule has 98 valence electrons. The fourth-order valence-corrected chi connectivity index (χ4v) is 2.54. The van der Waals surface area contributed by atoms with Gasteiger partial charge >= 0.3 is 5.97 Å². The maximum Gasteiger partial charge on any atom is 0.337 e. The van der Waals surface area contributed by atoms with Crippen LogP contribution in [0.25, 0.3) is 0 Å². The molecule has 1 aromatic rings. The highest BCUT2D eigenvalue weighted by atomic mass is 16.4. The van der Waals surface area contributed by atoms with Crippen molar-refractivity contribution in [2.45, 2.75) is 45.1 Å². The molecule has 0 unspecified atom stereocenters. The molecule has 4 N–H and O–H groups in total. The predicted molar refractivity (Wildman–Crippen MR) is 73.0 cm³/mol. The molecule has 0 saturated heterocycles. The van der Waals surface area contributed by atoms with Gasteiger partial charge in [0.05, 0.1) is 5.56 Å². The molecule has 0 atom stereocenters. The molecule has 0 radical (unpaired) electrons. The number of nitrogens with two attached hydrogens (primary N) is 1. The highest BCUT2D eigenvalue weighted by Crippen LogP contribution is 2.26. The third-order valence-corrected chi connectivity index (χ3v) is 3.59. The Balaban J connectivity index is 2.20. The van der Waals surface area contributed by atoms with Crippen molar-refractivity contribution in [3.05, 3.63) is 23.3 Å². The van der Waals surface area contributed by atoms with Gasteiger partial charge in [0.25, 0.3) is 0 Å². The fourth-order valence-electron chi connectivity index (χ4n) is 2.54. The van der Waals surface area contributed by atoms with E-state index < -0.39 is 5.97 Å². The molecule has 2 rings (SSSR count). The lowest BCUT2D eigenvalue weighted by atomic mass is 9.95. The van der Waals surface area contributed by atoms with Gasteiger partial charge in [-0.25, -0.2) is 4.79 Å². The quantitative estimate of drug-likeness (QED) is 0.719. The van der Waals surface area contributed by atoms with Crippen molar-refractivity contribution in [2.24, 2.45) is 0 Å². The average Bonchev–Trinajstić information content (AvgIpc) is 2.34. The van der Waals surface area contributed by atoms with E-state index in [0.717, 1.165) is 24.1 Å². The summed E-state index contributed by atoms with van der Waals surface area (Å²) in [5.74, 6) is -0.970. The molecule has 4 heteroatoms. The van der Waals surface area contributed by atoms with Crippen LogP contribution in [0.1, 0.15) is 48.0 Å². The van der Waals surface area contributed by atoms with Crippen LogP contribution in [0.3, 0.4) is 0 Å². The molecule has 0 bridgehead atoms. The van der Waals surface area contributed by atoms with E-state index in [4.69, 9.17) is 10.8 Å². The van der Waals surface area contributed by atoms with Gasteiger partial charge in [-0.1, -0.05) is 19.3 Å². The molecule has 0 aromatic heterocycles. The summed E-state index contributed by atoms with van der Waals surface area (Å²) < 4.78 is 0. The van der Waals surface area contributed by atoms with Crippen LogP contribution in [-0.4, -0.2) is 17.1 Å². The Morgan fingerprint density at radius 1 is 1.33 bits per heavy atom. The van der Waals surface area contributed by atoms with Gasteiger partial charge in [-0.2, -0.15) is 0 Å². The third-order valence-electron chi connectivity index (χ3n) is 3.59. The third kappa shape index (κ3) is 2.75. The summed E-state index contributed by atoms with van der Waals surface area (Å²) >= 11 is 0. The monoisotopic (exact) mass is 248 g/mol. The molecule has 1 fully saturated rings. The molecule has 0 spiro atoms. The van der Waals surface area contributed by atoms with Crippen molar-refractivity contribution in [1.82, 2.24) is 0 Å². The van der Waals surface area contributed by atoms with E-state index in [0.29, 0.717) is 11.7 Å².